The smallest absolute Gasteiger partial charge is 0.294 e. The first-order valence-electron chi connectivity index (χ1n) is 9.07. The summed E-state index contributed by atoms with van der Waals surface area (Å²) in [5.41, 5.74) is 0.834. The highest BCUT2D eigenvalue weighted by Gasteiger charge is 2.36. The van der Waals surface area contributed by atoms with E-state index in [0.717, 1.165) is 22.7 Å². The minimum atomic E-state index is -0.620. The number of hydrogen-bond donors (Lipinski definition) is 1. The van der Waals surface area contributed by atoms with Crippen LogP contribution in [-0.4, -0.2) is 42.2 Å². The maximum Gasteiger partial charge on any atom is 0.294 e. The number of nitrogens with one attached hydrogen (secondary N) is 1. The second-order valence-corrected chi connectivity index (χ2v) is 8.51. The minimum Gasteiger partial charge on any atom is -0.493 e. The van der Waals surface area contributed by atoms with Crippen molar-refractivity contribution in [1.29, 1.82) is 0 Å². The number of anilines is 1. The number of benzene rings is 2. The van der Waals surface area contributed by atoms with Crippen molar-refractivity contribution < 1.29 is 28.2 Å². The maximum atomic E-state index is 13.3. The number of nitrogens with zero attached hydrogens (tertiary/aromatic N) is 1. The first-order chi connectivity index (χ1) is 15.3. The van der Waals surface area contributed by atoms with Gasteiger partial charge in [-0.05, 0) is 76.3 Å². The molecule has 7 nitrogen and oxygen atoms in total. The zero-order valence-electron chi connectivity index (χ0n) is 16.7. The van der Waals surface area contributed by atoms with Gasteiger partial charge in [0.1, 0.15) is 19.0 Å². The zero-order chi connectivity index (χ0) is 23.3. The Balaban J connectivity index is 1.76. The molecule has 3 rings (SSSR count). The molecule has 1 saturated heterocycles. The summed E-state index contributed by atoms with van der Waals surface area (Å²) in [4.78, 5) is 38.2. The minimum absolute atomic E-state index is 0.0717. The van der Waals surface area contributed by atoms with Crippen molar-refractivity contribution in [1.82, 2.24) is 4.90 Å². The van der Waals surface area contributed by atoms with Gasteiger partial charge in [-0.15, -0.1) is 6.42 Å². The third kappa shape index (κ3) is 5.60. The molecule has 0 bridgehead atoms. The van der Waals surface area contributed by atoms with E-state index in [0.29, 0.717) is 20.6 Å². The Bertz CT molecular complexity index is 1160. The van der Waals surface area contributed by atoms with Crippen molar-refractivity contribution >= 4 is 63.2 Å². The van der Waals surface area contributed by atoms with E-state index in [-0.39, 0.29) is 17.2 Å². The third-order valence-corrected chi connectivity index (χ3v) is 5.84. The van der Waals surface area contributed by atoms with Crippen LogP contribution in [-0.2, 0) is 9.59 Å². The number of rotatable bonds is 7. The van der Waals surface area contributed by atoms with Crippen LogP contribution in [0.5, 0.6) is 11.5 Å². The molecule has 164 valence electrons. The Morgan fingerprint density at radius 3 is 2.81 bits per heavy atom. The lowest BCUT2D eigenvalue weighted by Crippen LogP contribution is -2.36. The summed E-state index contributed by atoms with van der Waals surface area (Å²) in [6.45, 7) is -0.416. The Morgan fingerprint density at radius 2 is 2.12 bits per heavy atom. The molecule has 0 radical (unpaired) electrons. The molecule has 32 heavy (non-hydrogen) atoms. The SMILES string of the molecule is C#CCOc1c(I)cc(/C=C2/SC(=O)N(CC(=O)Nc3cccc(F)c3)C2=O)cc1OC. The fraction of sp³-hybridized carbons (Fsp3) is 0.136. The number of carbonyl (C=O) groups excluding carboxylic acids is 3. The number of hydrogen-bond acceptors (Lipinski definition) is 6. The molecule has 2 aromatic rings. The Hall–Kier alpha value is -3.04. The standard InChI is InChI=1S/C22H16FIN2O5S/c1-3-7-31-20-16(24)8-13(9-17(20)30-2)10-18-21(28)26(22(29)32-18)12-19(27)25-15-6-4-5-14(23)11-15/h1,4-6,8-11H,7,12H2,2H3,(H,25,27)/b18-10+. The molecule has 0 spiro atoms. The van der Waals surface area contributed by atoms with Crippen LogP contribution in [0, 0.1) is 21.7 Å². The molecule has 0 aromatic heterocycles. The third-order valence-electron chi connectivity index (χ3n) is 4.13. The summed E-state index contributed by atoms with van der Waals surface area (Å²) in [6, 6.07) is 8.71. The van der Waals surface area contributed by atoms with Crippen LogP contribution in [0.25, 0.3) is 6.08 Å². The van der Waals surface area contributed by atoms with Gasteiger partial charge in [0.2, 0.25) is 5.91 Å². The van der Waals surface area contributed by atoms with Gasteiger partial charge in [-0.25, -0.2) is 4.39 Å². The lowest BCUT2D eigenvalue weighted by Gasteiger charge is -2.13. The number of amides is 3. The van der Waals surface area contributed by atoms with Crippen LogP contribution in [0.15, 0.2) is 41.3 Å². The van der Waals surface area contributed by atoms with Crippen LogP contribution < -0.4 is 14.8 Å². The van der Waals surface area contributed by atoms with Gasteiger partial charge in [-0.1, -0.05) is 12.0 Å². The van der Waals surface area contributed by atoms with Crippen molar-refractivity contribution in [3.63, 3.8) is 0 Å². The van der Waals surface area contributed by atoms with Crippen molar-refractivity contribution in [3.8, 4) is 23.8 Å². The summed E-state index contributed by atoms with van der Waals surface area (Å²) in [5.74, 6) is 1.55. The first kappa shape index (κ1) is 23.6. The second kappa shape index (κ2) is 10.5. The highest BCUT2D eigenvalue weighted by atomic mass is 127. The van der Waals surface area contributed by atoms with E-state index in [9.17, 15) is 18.8 Å². The van der Waals surface area contributed by atoms with Crippen molar-refractivity contribution in [2.45, 2.75) is 0 Å². The Kier molecular flexibility index (Phi) is 7.76. The zero-order valence-corrected chi connectivity index (χ0v) is 19.7. The number of halogens is 2. The van der Waals surface area contributed by atoms with Crippen molar-refractivity contribution in [2.75, 3.05) is 25.6 Å². The van der Waals surface area contributed by atoms with E-state index in [4.69, 9.17) is 15.9 Å². The fourth-order valence-corrected chi connectivity index (χ4v) is 4.39. The molecule has 0 saturated carbocycles. The average molecular weight is 566 g/mol. The van der Waals surface area contributed by atoms with Gasteiger partial charge in [0.15, 0.2) is 11.5 Å². The molecule has 3 amide bonds. The summed E-state index contributed by atoms with van der Waals surface area (Å²) in [7, 11) is 1.48. The molecule has 10 heteroatoms. The number of imide groups is 1. The van der Waals surface area contributed by atoms with Gasteiger partial charge < -0.3 is 14.8 Å². The normalized spacial score (nSPS) is 14.4. The van der Waals surface area contributed by atoms with E-state index in [1.54, 1.807) is 12.1 Å². The monoisotopic (exact) mass is 566 g/mol. The molecular weight excluding hydrogens is 550 g/mol. The Morgan fingerprint density at radius 1 is 1.34 bits per heavy atom. The Labute approximate surface area is 201 Å². The number of terminal acetylenes is 1. The van der Waals surface area contributed by atoms with Gasteiger partial charge in [0.05, 0.1) is 15.6 Å². The highest BCUT2D eigenvalue weighted by molar-refractivity contribution is 14.1. The predicted octanol–water partition coefficient (Wildman–Crippen LogP) is 4.13. The van der Waals surface area contributed by atoms with Crippen LogP contribution in [0.4, 0.5) is 14.9 Å². The molecule has 1 heterocycles. The fourth-order valence-electron chi connectivity index (χ4n) is 2.78. The molecule has 1 N–H and O–H groups in total. The van der Waals surface area contributed by atoms with Crippen LogP contribution >= 0.6 is 34.4 Å². The van der Waals surface area contributed by atoms with E-state index >= 15 is 0 Å². The molecule has 1 aliphatic rings. The van der Waals surface area contributed by atoms with Gasteiger partial charge >= 0.3 is 0 Å². The lowest BCUT2D eigenvalue weighted by atomic mass is 10.2. The van der Waals surface area contributed by atoms with E-state index in [1.165, 1.54) is 31.4 Å². The van der Waals surface area contributed by atoms with E-state index < -0.39 is 29.4 Å². The molecule has 0 aliphatic carbocycles. The summed E-state index contributed by atoms with van der Waals surface area (Å²) in [6.07, 6.45) is 6.77. The molecule has 1 fully saturated rings. The average Bonchev–Trinajstić information content (AvgIpc) is 3.00. The maximum absolute atomic E-state index is 13.3. The molecule has 1 aliphatic heterocycles. The predicted molar refractivity (Wildman–Crippen MR) is 128 cm³/mol. The number of methoxy groups -OCH3 is 1. The number of thioether (sulfide) groups is 1. The first-order valence-corrected chi connectivity index (χ1v) is 11.0. The topological polar surface area (TPSA) is 84.9 Å². The quantitative estimate of drug-likeness (QED) is 0.309. The summed E-state index contributed by atoms with van der Waals surface area (Å²) in [5, 5.41) is 1.88. The van der Waals surface area contributed by atoms with Crippen LogP contribution in [0.2, 0.25) is 0 Å². The number of carbonyl (C=O) groups is 3. The van der Waals surface area contributed by atoms with Gasteiger partial charge in [-0.3, -0.25) is 19.3 Å². The van der Waals surface area contributed by atoms with Gasteiger partial charge in [0.25, 0.3) is 11.1 Å². The summed E-state index contributed by atoms with van der Waals surface area (Å²) >= 11 is 2.77. The van der Waals surface area contributed by atoms with E-state index in [1.807, 2.05) is 0 Å². The lowest BCUT2D eigenvalue weighted by molar-refractivity contribution is -0.127. The van der Waals surface area contributed by atoms with Crippen molar-refractivity contribution in [2.24, 2.45) is 0 Å². The van der Waals surface area contributed by atoms with Crippen LogP contribution in [0.3, 0.4) is 0 Å². The van der Waals surface area contributed by atoms with Gasteiger partial charge in [0, 0.05) is 5.69 Å². The van der Waals surface area contributed by atoms with E-state index in [2.05, 4.69) is 33.8 Å². The highest BCUT2D eigenvalue weighted by Crippen LogP contribution is 2.37. The molecule has 0 unspecified atom stereocenters. The second-order valence-electron chi connectivity index (χ2n) is 6.35. The number of ether oxygens (including phenoxy) is 2. The molecule has 2 aromatic carbocycles. The van der Waals surface area contributed by atoms with Crippen LogP contribution in [0.1, 0.15) is 5.56 Å². The molecular formula is C22H16FIN2O5S. The van der Waals surface area contributed by atoms with Crippen molar-refractivity contribution in [3.05, 3.63) is 56.3 Å². The van der Waals surface area contributed by atoms with Gasteiger partial charge in [-0.2, -0.15) is 0 Å². The largest absolute Gasteiger partial charge is 0.493 e. The summed E-state index contributed by atoms with van der Waals surface area (Å²) < 4.78 is 24.8. The molecule has 0 atom stereocenters.